The highest BCUT2D eigenvalue weighted by Crippen LogP contribution is 2.28. The summed E-state index contributed by atoms with van der Waals surface area (Å²) < 4.78 is 37.1. The number of amides is 1. The maximum absolute atomic E-state index is 13.7. The molecule has 1 saturated heterocycles. The Labute approximate surface area is 182 Å². The predicted octanol–water partition coefficient (Wildman–Crippen LogP) is 4.53. The van der Waals surface area contributed by atoms with E-state index in [-0.39, 0.29) is 11.5 Å². The van der Waals surface area contributed by atoms with Crippen LogP contribution in [0.3, 0.4) is 0 Å². The summed E-state index contributed by atoms with van der Waals surface area (Å²) in [7, 11) is 4.67. The summed E-state index contributed by atoms with van der Waals surface area (Å²) in [5, 5.41) is 3.22. The minimum absolute atomic E-state index is 0.210. The van der Waals surface area contributed by atoms with Crippen molar-refractivity contribution >= 4 is 12.0 Å². The molecule has 0 saturated carbocycles. The summed E-state index contributed by atoms with van der Waals surface area (Å²) in [5.74, 6) is -0.475. The molecule has 0 atom stereocenters. The Morgan fingerprint density at radius 2 is 1.74 bits per heavy atom. The fourth-order valence-corrected chi connectivity index (χ4v) is 3.19. The first-order valence-electron chi connectivity index (χ1n) is 10.2. The Kier molecular flexibility index (Phi) is 9.46. The van der Waals surface area contributed by atoms with Crippen LogP contribution in [0.25, 0.3) is 6.08 Å². The molecule has 1 heterocycles. The largest absolute Gasteiger partial charge is 0.493 e. The first kappa shape index (κ1) is 24.3. The number of hydrogen-bond donors (Lipinski definition) is 1. The van der Waals surface area contributed by atoms with Gasteiger partial charge in [0.25, 0.3) is 5.91 Å². The molecule has 0 bridgehead atoms. The third-order valence-electron chi connectivity index (χ3n) is 4.79. The molecule has 0 aliphatic carbocycles. The summed E-state index contributed by atoms with van der Waals surface area (Å²) in [5.41, 5.74) is 1.48. The second kappa shape index (κ2) is 12.1. The molecule has 31 heavy (non-hydrogen) atoms. The highest BCUT2D eigenvalue weighted by Gasteiger charge is 2.15. The number of ether oxygens (including phenoxy) is 2. The van der Waals surface area contributed by atoms with Gasteiger partial charge in [-0.15, -0.1) is 0 Å². The van der Waals surface area contributed by atoms with Gasteiger partial charge in [-0.1, -0.05) is 11.6 Å². The molecule has 1 aliphatic rings. The fourth-order valence-electron chi connectivity index (χ4n) is 3.19. The van der Waals surface area contributed by atoms with E-state index in [4.69, 9.17) is 9.47 Å². The second-order valence-corrected chi connectivity index (χ2v) is 7.34. The summed E-state index contributed by atoms with van der Waals surface area (Å²) in [6.45, 7) is 4.57. The van der Waals surface area contributed by atoms with Gasteiger partial charge in [0.2, 0.25) is 0 Å². The van der Waals surface area contributed by atoms with Crippen LogP contribution in [0.4, 0.5) is 8.78 Å². The maximum atomic E-state index is 13.7. The molecule has 5 nitrogen and oxygen atoms in total. The molecule has 1 aliphatic heterocycles. The van der Waals surface area contributed by atoms with Gasteiger partial charge in [0, 0.05) is 30.8 Å². The van der Waals surface area contributed by atoms with Gasteiger partial charge in [-0.3, -0.25) is 4.79 Å². The second-order valence-electron chi connectivity index (χ2n) is 7.34. The van der Waals surface area contributed by atoms with Crippen LogP contribution in [-0.4, -0.2) is 51.7 Å². The first-order chi connectivity index (χ1) is 14.8. The number of methoxy groups -OCH3 is 2. The smallest absolute Gasteiger partial charge is 0.254 e. The summed E-state index contributed by atoms with van der Waals surface area (Å²) >= 11 is 0. The van der Waals surface area contributed by atoms with Crippen molar-refractivity contribution in [3.05, 3.63) is 64.7 Å². The van der Waals surface area contributed by atoms with Crippen LogP contribution in [0, 0.1) is 11.6 Å². The van der Waals surface area contributed by atoms with E-state index in [0.717, 1.165) is 11.6 Å². The molecular weight excluding hydrogens is 402 g/mol. The van der Waals surface area contributed by atoms with E-state index < -0.39 is 11.6 Å². The number of likely N-dealkylation sites (N-methyl/N-ethyl adjacent to an activating group) is 1. The zero-order valence-electron chi connectivity index (χ0n) is 18.5. The molecule has 1 fully saturated rings. The quantitative estimate of drug-likeness (QED) is 0.729. The lowest BCUT2D eigenvalue weighted by molar-refractivity contribution is 0.0806. The standard InChI is InChI=1S/C20H21F2NO3.C4H9N/c1-13(9-14-5-7-16(21)11-17(14)22)12-23(2)20(24)15-6-8-18(25-3)19(10-15)26-4;1-2-4-5-3-1/h5-11H,12H2,1-4H3;5H,1-4H2/b13-9+;. The molecule has 1 amide bonds. The van der Waals surface area contributed by atoms with Crippen LogP contribution in [0.1, 0.15) is 35.7 Å². The minimum Gasteiger partial charge on any atom is -0.493 e. The Bertz CT molecular complexity index is 904. The number of carbonyl (C=O) groups is 1. The normalized spacial score (nSPS) is 13.3. The molecule has 3 rings (SSSR count). The van der Waals surface area contributed by atoms with Crippen LogP contribution >= 0.6 is 0 Å². The van der Waals surface area contributed by atoms with E-state index in [1.165, 1.54) is 57.2 Å². The van der Waals surface area contributed by atoms with Crippen molar-refractivity contribution in [2.45, 2.75) is 19.8 Å². The highest BCUT2D eigenvalue weighted by atomic mass is 19.1. The number of nitrogens with one attached hydrogen (secondary N) is 1. The fraction of sp³-hybridized carbons (Fsp3) is 0.375. The van der Waals surface area contributed by atoms with E-state index in [1.807, 2.05) is 0 Å². The zero-order chi connectivity index (χ0) is 22.8. The predicted molar refractivity (Wildman–Crippen MR) is 119 cm³/mol. The van der Waals surface area contributed by atoms with Gasteiger partial charge in [0.05, 0.1) is 14.2 Å². The topological polar surface area (TPSA) is 50.8 Å². The summed E-state index contributed by atoms with van der Waals surface area (Å²) in [6.07, 6.45) is 4.37. The van der Waals surface area contributed by atoms with Gasteiger partial charge < -0.3 is 19.7 Å². The molecule has 2 aromatic rings. The third-order valence-corrected chi connectivity index (χ3v) is 4.79. The SMILES string of the molecule is C1CCNC1.COc1ccc(C(=O)N(C)C/C(C)=C/c2ccc(F)cc2F)cc1OC. The van der Waals surface area contributed by atoms with Crippen LogP contribution in [0.2, 0.25) is 0 Å². The van der Waals surface area contributed by atoms with Gasteiger partial charge in [-0.05, 0) is 63.2 Å². The number of halogens is 2. The van der Waals surface area contributed by atoms with Gasteiger partial charge in [-0.25, -0.2) is 8.78 Å². The van der Waals surface area contributed by atoms with Crippen LogP contribution in [0.5, 0.6) is 11.5 Å². The zero-order valence-corrected chi connectivity index (χ0v) is 18.5. The Morgan fingerprint density at radius 3 is 2.29 bits per heavy atom. The van der Waals surface area contributed by atoms with Crippen LogP contribution in [0.15, 0.2) is 42.0 Å². The number of benzene rings is 2. The van der Waals surface area contributed by atoms with E-state index in [0.29, 0.717) is 23.6 Å². The highest BCUT2D eigenvalue weighted by molar-refractivity contribution is 5.95. The average molecular weight is 433 g/mol. The molecule has 0 unspecified atom stereocenters. The first-order valence-corrected chi connectivity index (χ1v) is 10.2. The number of rotatable bonds is 6. The monoisotopic (exact) mass is 432 g/mol. The lowest BCUT2D eigenvalue weighted by Crippen LogP contribution is -2.28. The Balaban J connectivity index is 0.000000597. The van der Waals surface area contributed by atoms with Crippen molar-refractivity contribution in [2.24, 2.45) is 0 Å². The van der Waals surface area contributed by atoms with Crippen LogP contribution < -0.4 is 14.8 Å². The third kappa shape index (κ3) is 7.36. The van der Waals surface area contributed by atoms with Gasteiger partial charge >= 0.3 is 0 Å². The molecule has 1 N–H and O–H groups in total. The Hall–Kier alpha value is -2.93. The minimum atomic E-state index is -0.641. The van der Waals surface area contributed by atoms with E-state index >= 15 is 0 Å². The molecule has 2 aromatic carbocycles. The number of carbonyl (C=O) groups excluding carboxylic acids is 1. The van der Waals surface area contributed by atoms with Crippen molar-refractivity contribution < 1.29 is 23.0 Å². The lowest BCUT2D eigenvalue weighted by atomic mass is 10.1. The van der Waals surface area contributed by atoms with Gasteiger partial charge in [0.15, 0.2) is 11.5 Å². The summed E-state index contributed by atoms with van der Waals surface area (Å²) in [4.78, 5) is 14.1. The number of hydrogen-bond acceptors (Lipinski definition) is 4. The Morgan fingerprint density at radius 1 is 1.06 bits per heavy atom. The maximum Gasteiger partial charge on any atom is 0.254 e. The molecule has 168 valence electrons. The van der Waals surface area contributed by atoms with Gasteiger partial charge in [-0.2, -0.15) is 0 Å². The molecule has 0 aromatic heterocycles. The van der Waals surface area contributed by atoms with Crippen LogP contribution in [-0.2, 0) is 0 Å². The van der Waals surface area contributed by atoms with Gasteiger partial charge in [0.1, 0.15) is 11.6 Å². The lowest BCUT2D eigenvalue weighted by Gasteiger charge is -2.18. The van der Waals surface area contributed by atoms with E-state index in [9.17, 15) is 13.6 Å². The average Bonchev–Trinajstić information content (AvgIpc) is 3.35. The van der Waals surface area contributed by atoms with Crippen molar-refractivity contribution in [3.8, 4) is 11.5 Å². The van der Waals surface area contributed by atoms with Crippen molar-refractivity contribution in [2.75, 3.05) is 40.9 Å². The molecule has 7 heteroatoms. The number of nitrogens with zero attached hydrogens (tertiary/aromatic N) is 1. The van der Waals surface area contributed by atoms with Crippen molar-refractivity contribution in [1.29, 1.82) is 0 Å². The van der Waals surface area contributed by atoms with E-state index in [1.54, 1.807) is 38.2 Å². The van der Waals surface area contributed by atoms with Crippen molar-refractivity contribution in [1.82, 2.24) is 10.2 Å². The van der Waals surface area contributed by atoms with E-state index in [2.05, 4.69) is 5.32 Å². The van der Waals surface area contributed by atoms with Crippen molar-refractivity contribution in [3.63, 3.8) is 0 Å². The molecular formula is C24H30F2N2O3. The summed E-state index contributed by atoms with van der Waals surface area (Å²) in [6, 6.07) is 8.31. The molecule has 0 radical (unpaired) electrons. The molecule has 0 spiro atoms.